The average molecular weight is 512 g/mol. The van der Waals surface area contributed by atoms with Gasteiger partial charge in [-0.15, -0.1) is 0 Å². The molecule has 0 aromatic heterocycles. The predicted molar refractivity (Wildman–Crippen MR) is 128 cm³/mol. The van der Waals surface area contributed by atoms with Crippen LogP contribution in [0.5, 0.6) is 0 Å². The normalized spacial score (nSPS) is 25.8. The second-order valence-electron chi connectivity index (χ2n) is 10.2. The molecule has 0 bridgehead atoms. The number of aliphatic carboxylic acids is 1. The standard InChI is InChI=1S/C27H27F2N3O5/c28-19-12-18-23(13-20(19)29)32(27(36)37-14-15-4-2-1-3-5-15)21-9-8-17(21)24(18)31(16-6-7-16)26(35)30-11-10-22(30)25(33)34/h1-5,12-13,16-17,21-22,24H,6-11,14H2,(H,33,34)/t17-,21+,22-,24-/m1/s1. The van der Waals surface area contributed by atoms with E-state index >= 15 is 0 Å². The minimum Gasteiger partial charge on any atom is -0.480 e. The molecule has 2 aliphatic carbocycles. The number of carbonyl (C=O) groups is 3. The van der Waals surface area contributed by atoms with Gasteiger partial charge in [0.15, 0.2) is 11.6 Å². The van der Waals surface area contributed by atoms with E-state index in [-0.39, 0.29) is 30.3 Å². The molecule has 2 aromatic carbocycles. The lowest BCUT2D eigenvalue weighted by Gasteiger charge is -2.55. The summed E-state index contributed by atoms with van der Waals surface area (Å²) in [5.41, 5.74) is 1.35. The van der Waals surface area contributed by atoms with Crippen LogP contribution in [0.4, 0.5) is 24.1 Å². The fourth-order valence-electron chi connectivity index (χ4n) is 5.86. The monoisotopic (exact) mass is 511 g/mol. The van der Waals surface area contributed by atoms with Crippen LogP contribution < -0.4 is 4.90 Å². The maximum Gasteiger partial charge on any atom is 0.414 e. The molecule has 0 spiro atoms. The summed E-state index contributed by atoms with van der Waals surface area (Å²) in [4.78, 5) is 43.0. The zero-order valence-electron chi connectivity index (χ0n) is 20.1. The lowest BCUT2D eigenvalue weighted by molar-refractivity contribution is -0.146. The molecule has 0 radical (unpaired) electrons. The van der Waals surface area contributed by atoms with Crippen LogP contribution in [0.2, 0.25) is 0 Å². The number of rotatable bonds is 5. The maximum atomic E-state index is 14.6. The summed E-state index contributed by atoms with van der Waals surface area (Å²) in [5, 5.41) is 9.50. The van der Waals surface area contributed by atoms with Crippen LogP contribution in [-0.4, -0.2) is 57.7 Å². The number of halogens is 2. The SMILES string of the molecule is O=C(O)[C@H]1CCN1C(=O)N(C1CC1)[C@H]1c2cc(F)c(F)cc2N(C(=O)OCc2ccccc2)[C@H]2CC[C@H]21. The zero-order valence-corrected chi connectivity index (χ0v) is 20.1. The maximum absolute atomic E-state index is 14.6. The molecule has 37 heavy (non-hydrogen) atoms. The fraction of sp³-hybridized carbons (Fsp3) is 0.444. The van der Waals surface area contributed by atoms with Gasteiger partial charge in [0.25, 0.3) is 0 Å². The topological polar surface area (TPSA) is 90.4 Å². The number of amides is 3. The number of likely N-dealkylation sites (tertiary alicyclic amines) is 1. The Hall–Kier alpha value is -3.69. The Bertz CT molecular complexity index is 1250. The Labute approximate surface area is 212 Å². The average Bonchev–Trinajstić information content (AvgIpc) is 3.65. The molecule has 1 N–H and O–H groups in total. The minimum absolute atomic E-state index is 0.0359. The molecule has 194 valence electrons. The van der Waals surface area contributed by atoms with Crippen molar-refractivity contribution in [1.29, 1.82) is 0 Å². The van der Waals surface area contributed by atoms with Crippen molar-refractivity contribution < 1.29 is 33.0 Å². The lowest BCUT2D eigenvalue weighted by atomic mass is 9.68. The van der Waals surface area contributed by atoms with Crippen molar-refractivity contribution >= 4 is 23.8 Å². The molecular weight excluding hydrogens is 484 g/mol. The molecule has 2 aliphatic heterocycles. The van der Waals surface area contributed by atoms with Crippen molar-refractivity contribution in [3.05, 3.63) is 65.2 Å². The zero-order chi connectivity index (χ0) is 25.8. The number of ether oxygens (including phenoxy) is 1. The van der Waals surface area contributed by atoms with E-state index in [1.54, 1.807) is 4.90 Å². The molecule has 1 saturated heterocycles. The van der Waals surface area contributed by atoms with Gasteiger partial charge in [0, 0.05) is 36.2 Å². The van der Waals surface area contributed by atoms with Crippen LogP contribution in [0.15, 0.2) is 42.5 Å². The van der Waals surface area contributed by atoms with Gasteiger partial charge in [0.2, 0.25) is 0 Å². The van der Waals surface area contributed by atoms with Crippen LogP contribution in [-0.2, 0) is 16.1 Å². The Morgan fingerprint density at radius 2 is 1.73 bits per heavy atom. The summed E-state index contributed by atoms with van der Waals surface area (Å²) in [6.45, 7) is 0.372. The van der Waals surface area contributed by atoms with Gasteiger partial charge in [-0.25, -0.2) is 23.2 Å². The van der Waals surface area contributed by atoms with Crippen LogP contribution in [0.3, 0.4) is 0 Å². The first-order valence-electron chi connectivity index (χ1n) is 12.7. The minimum atomic E-state index is -1.09. The summed E-state index contributed by atoms with van der Waals surface area (Å²) in [7, 11) is 0. The summed E-state index contributed by atoms with van der Waals surface area (Å²) in [6.07, 6.45) is 2.57. The van der Waals surface area contributed by atoms with E-state index in [9.17, 15) is 28.3 Å². The van der Waals surface area contributed by atoms with Gasteiger partial charge in [-0.3, -0.25) is 4.90 Å². The number of carboxylic acids is 1. The molecule has 4 atom stereocenters. The van der Waals surface area contributed by atoms with E-state index in [4.69, 9.17) is 4.74 Å². The molecule has 8 nitrogen and oxygen atoms in total. The van der Waals surface area contributed by atoms with Crippen molar-refractivity contribution in [2.45, 2.75) is 62.9 Å². The Morgan fingerprint density at radius 1 is 1.00 bits per heavy atom. The Balaban J connectivity index is 1.35. The van der Waals surface area contributed by atoms with Crippen LogP contribution >= 0.6 is 0 Å². The van der Waals surface area contributed by atoms with Crippen LogP contribution in [0.25, 0.3) is 0 Å². The quantitative estimate of drug-likeness (QED) is 0.629. The molecule has 6 rings (SSSR count). The number of urea groups is 1. The summed E-state index contributed by atoms with van der Waals surface area (Å²) >= 11 is 0. The van der Waals surface area contributed by atoms with Gasteiger partial charge >= 0.3 is 18.1 Å². The molecule has 2 heterocycles. The van der Waals surface area contributed by atoms with Gasteiger partial charge < -0.3 is 19.6 Å². The van der Waals surface area contributed by atoms with Gasteiger partial charge in [-0.05, 0) is 43.7 Å². The molecule has 3 amide bonds. The number of nitrogens with zero attached hydrogens (tertiary/aromatic N) is 3. The first-order chi connectivity index (χ1) is 17.8. The lowest BCUT2D eigenvalue weighted by Crippen LogP contribution is -2.63. The third-order valence-corrected chi connectivity index (χ3v) is 8.09. The fourth-order valence-corrected chi connectivity index (χ4v) is 5.86. The third kappa shape index (κ3) is 3.98. The summed E-state index contributed by atoms with van der Waals surface area (Å²) < 4.78 is 34.7. The summed E-state index contributed by atoms with van der Waals surface area (Å²) in [5.74, 6) is -3.40. The molecule has 4 aliphatic rings. The first-order valence-corrected chi connectivity index (χ1v) is 12.7. The van der Waals surface area contributed by atoms with Gasteiger partial charge in [-0.1, -0.05) is 30.3 Å². The number of carbonyl (C=O) groups excluding carboxylic acids is 2. The third-order valence-electron chi connectivity index (χ3n) is 8.09. The molecule has 2 aromatic rings. The number of hydrogen-bond acceptors (Lipinski definition) is 4. The molecule has 10 heteroatoms. The van der Waals surface area contributed by atoms with Gasteiger partial charge in [0.1, 0.15) is 12.6 Å². The highest BCUT2D eigenvalue weighted by Gasteiger charge is 2.56. The highest BCUT2D eigenvalue weighted by Crippen LogP contribution is 2.55. The van der Waals surface area contributed by atoms with Crippen molar-refractivity contribution in [2.24, 2.45) is 5.92 Å². The number of anilines is 1. The van der Waals surface area contributed by atoms with E-state index in [0.717, 1.165) is 30.5 Å². The Morgan fingerprint density at radius 3 is 2.32 bits per heavy atom. The van der Waals surface area contributed by atoms with E-state index in [0.29, 0.717) is 31.4 Å². The van der Waals surface area contributed by atoms with Gasteiger partial charge in [-0.2, -0.15) is 0 Å². The molecular formula is C27H27F2N3O5. The Kier molecular flexibility index (Phi) is 5.77. The van der Waals surface area contributed by atoms with Crippen molar-refractivity contribution in [3.63, 3.8) is 0 Å². The van der Waals surface area contributed by atoms with Crippen LogP contribution in [0.1, 0.15) is 49.3 Å². The van der Waals surface area contributed by atoms with E-state index in [1.807, 2.05) is 30.3 Å². The second-order valence-corrected chi connectivity index (χ2v) is 10.2. The van der Waals surface area contributed by atoms with Crippen molar-refractivity contribution in [3.8, 4) is 0 Å². The summed E-state index contributed by atoms with van der Waals surface area (Å²) in [6, 6.07) is 8.95. The first kappa shape index (κ1) is 23.7. The number of hydrogen-bond donors (Lipinski definition) is 1. The van der Waals surface area contributed by atoms with Gasteiger partial charge in [0.05, 0.1) is 11.7 Å². The molecule has 2 saturated carbocycles. The highest BCUT2D eigenvalue weighted by molar-refractivity contribution is 5.91. The smallest absolute Gasteiger partial charge is 0.414 e. The van der Waals surface area contributed by atoms with E-state index in [2.05, 4.69) is 0 Å². The predicted octanol–water partition coefficient (Wildman–Crippen LogP) is 4.68. The second kappa shape index (κ2) is 9.00. The molecule has 0 unspecified atom stereocenters. The van der Waals surface area contributed by atoms with Crippen molar-refractivity contribution in [2.75, 3.05) is 11.4 Å². The van der Waals surface area contributed by atoms with E-state index in [1.165, 1.54) is 9.80 Å². The molecule has 3 fully saturated rings. The number of benzene rings is 2. The largest absolute Gasteiger partial charge is 0.480 e. The van der Waals surface area contributed by atoms with Crippen LogP contribution in [0, 0.1) is 17.6 Å². The number of carboxylic acid groups (broad SMARTS) is 1. The van der Waals surface area contributed by atoms with E-state index < -0.39 is 41.8 Å². The number of fused-ring (bicyclic) bond motifs is 2. The highest BCUT2D eigenvalue weighted by atomic mass is 19.2. The van der Waals surface area contributed by atoms with Crippen molar-refractivity contribution in [1.82, 2.24) is 9.80 Å².